The quantitative estimate of drug-likeness (QED) is 0.184. The molecule has 1 aliphatic carbocycles. The van der Waals surface area contributed by atoms with Gasteiger partial charge in [-0.25, -0.2) is 23.1 Å². The number of aromatic nitrogens is 2. The number of amides is 1. The van der Waals surface area contributed by atoms with Crippen molar-refractivity contribution in [3.63, 3.8) is 0 Å². The van der Waals surface area contributed by atoms with Crippen LogP contribution in [0, 0.1) is 47.8 Å². The third-order valence-corrected chi connectivity index (χ3v) is 6.88. The van der Waals surface area contributed by atoms with Gasteiger partial charge in [-0.1, -0.05) is 6.92 Å². The lowest BCUT2D eigenvalue weighted by atomic mass is 10.0. The minimum absolute atomic E-state index is 0.0178. The molecule has 2 N–H and O–H groups in total. The van der Waals surface area contributed by atoms with Crippen LogP contribution in [0.1, 0.15) is 43.0 Å². The van der Waals surface area contributed by atoms with Crippen LogP contribution in [0.5, 0.6) is 11.5 Å². The molecule has 13 heteroatoms. The molecule has 1 amide bonds. The lowest BCUT2D eigenvalue weighted by Gasteiger charge is -2.14. The fourth-order valence-corrected chi connectivity index (χ4v) is 4.46. The molecular weight excluding hydrogens is 561 g/mol. The van der Waals surface area contributed by atoms with Gasteiger partial charge in [0.25, 0.3) is 5.91 Å². The molecular formula is C29H28F5N5O3. The molecule has 8 nitrogen and oxygen atoms in total. The molecule has 42 heavy (non-hydrogen) atoms. The van der Waals surface area contributed by atoms with E-state index in [-0.39, 0.29) is 40.8 Å². The summed E-state index contributed by atoms with van der Waals surface area (Å²) in [6, 6.07) is 3.20. The molecule has 3 aromatic rings. The molecule has 1 saturated carbocycles. The monoisotopic (exact) mass is 589 g/mol. The van der Waals surface area contributed by atoms with Crippen LogP contribution in [0.25, 0.3) is 0 Å². The second-order valence-electron chi connectivity index (χ2n) is 10.1. The van der Waals surface area contributed by atoms with Gasteiger partial charge in [0.2, 0.25) is 23.2 Å². The van der Waals surface area contributed by atoms with Gasteiger partial charge in [0.05, 0.1) is 17.0 Å². The van der Waals surface area contributed by atoms with Gasteiger partial charge >= 0.3 is 0 Å². The predicted octanol–water partition coefficient (Wildman–Crippen LogP) is 5.16. The third-order valence-electron chi connectivity index (χ3n) is 6.88. The SMILES string of the molecule is CC1CCN(C(=O)C(=O)C2CC2)C1.CN=C(c1ccc(Oc2c(F)c(F)cc(F)c2F)cc1F)c1c(C)ncnc1N. The number of hydrogen-bond donors (Lipinski definition) is 1. The Hall–Kier alpha value is -4.42. The molecule has 0 bridgehead atoms. The van der Waals surface area contributed by atoms with Crippen LogP contribution in [0.3, 0.4) is 0 Å². The van der Waals surface area contributed by atoms with Crippen molar-refractivity contribution in [2.24, 2.45) is 16.8 Å². The van der Waals surface area contributed by atoms with Gasteiger partial charge in [0, 0.05) is 43.8 Å². The Kier molecular flexibility index (Phi) is 9.17. The van der Waals surface area contributed by atoms with Crippen LogP contribution in [0.15, 0.2) is 35.6 Å². The van der Waals surface area contributed by atoms with Crippen molar-refractivity contribution in [1.29, 1.82) is 0 Å². The molecule has 1 saturated heterocycles. The van der Waals surface area contributed by atoms with Crippen LogP contribution in [0.4, 0.5) is 27.8 Å². The maximum atomic E-state index is 14.7. The summed E-state index contributed by atoms with van der Waals surface area (Å²) >= 11 is 0. The molecule has 1 unspecified atom stereocenters. The van der Waals surface area contributed by atoms with E-state index in [0.717, 1.165) is 44.5 Å². The van der Waals surface area contributed by atoms with Crippen molar-refractivity contribution in [2.75, 3.05) is 25.9 Å². The lowest BCUT2D eigenvalue weighted by molar-refractivity contribution is -0.144. The number of nitrogens with two attached hydrogens (primary N) is 1. The number of likely N-dealkylation sites (tertiary alicyclic amines) is 1. The molecule has 2 heterocycles. The molecule has 0 spiro atoms. The number of aliphatic imine (C=N–C) groups is 1. The van der Waals surface area contributed by atoms with E-state index in [9.17, 15) is 31.5 Å². The maximum Gasteiger partial charge on any atom is 0.290 e. The number of ether oxygens (including phenoxy) is 1. The number of nitrogen functional groups attached to an aromatic ring is 1. The van der Waals surface area contributed by atoms with E-state index in [1.165, 1.54) is 19.4 Å². The molecule has 222 valence electrons. The zero-order valence-electron chi connectivity index (χ0n) is 23.1. The van der Waals surface area contributed by atoms with E-state index in [4.69, 9.17) is 10.5 Å². The zero-order valence-corrected chi connectivity index (χ0v) is 23.1. The van der Waals surface area contributed by atoms with Crippen molar-refractivity contribution in [1.82, 2.24) is 14.9 Å². The molecule has 5 rings (SSSR count). The highest BCUT2D eigenvalue weighted by atomic mass is 19.2. The highest BCUT2D eigenvalue weighted by Gasteiger charge is 2.38. The van der Waals surface area contributed by atoms with Crippen LogP contribution in [-0.4, -0.2) is 52.4 Å². The van der Waals surface area contributed by atoms with E-state index >= 15 is 0 Å². The molecule has 2 aliphatic rings. The molecule has 0 radical (unpaired) electrons. The first-order valence-corrected chi connectivity index (χ1v) is 13.1. The lowest BCUT2D eigenvalue weighted by Crippen LogP contribution is -2.35. The van der Waals surface area contributed by atoms with Gasteiger partial charge in [-0.3, -0.25) is 14.6 Å². The number of nitrogens with zero attached hydrogens (tertiary/aromatic N) is 4. The van der Waals surface area contributed by atoms with Gasteiger partial charge in [-0.15, -0.1) is 0 Å². The van der Waals surface area contributed by atoms with E-state index in [2.05, 4.69) is 21.9 Å². The molecule has 1 aromatic heterocycles. The summed E-state index contributed by atoms with van der Waals surface area (Å²) in [6.07, 6.45) is 4.14. The number of carbonyl (C=O) groups excluding carboxylic acids is 2. The summed E-state index contributed by atoms with van der Waals surface area (Å²) in [5.41, 5.74) is 6.73. The average molecular weight is 590 g/mol. The number of Topliss-reactive ketones (excluding diaryl/α,β-unsaturated/α-hetero) is 1. The fourth-order valence-electron chi connectivity index (χ4n) is 4.46. The topological polar surface area (TPSA) is 111 Å². The van der Waals surface area contributed by atoms with Gasteiger partial charge in [-0.2, -0.15) is 8.78 Å². The van der Waals surface area contributed by atoms with Crippen molar-refractivity contribution >= 4 is 23.2 Å². The van der Waals surface area contributed by atoms with Crippen LogP contribution in [0.2, 0.25) is 0 Å². The Morgan fingerprint density at radius 1 is 1.00 bits per heavy atom. The Morgan fingerprint density at radius 2 is 1.67 bits per heavy atom. The van der Waals surface area contributed by atoms with E-state index in [1.54, 1.807) is 11.8 Å². The predicted molar refractivity (Wildman–Crippen MR) is 144 cm³/mol. The molecule has 2 fully saturated rings. The summed E-state index contributed by atoms with van der Waals surface area (Å²) in [5.74, 6) is -9.03. The summed E-state index contributed by atoms with van der Waals surface area (Å²) in [7, 11) is 1.41. The Bertz CT molecular complexity index is 1510. The first-order valence-electron chi connectivity index (χ1n) is 13.1. The number of aryl methyl sites for hydroxylation is 1. The second kappa shape index (κ2) is 12.6. The van der Waals surface area contributed by atoms with Crippen LogP contribution in [-0.2, 0) is 9.59 Å². The molecule has 1 atom stereocenters. The minimum Gasteiger partial charge on any atom is -0.451 e. The van der Waals surface area contributed by atoms with Gasteiger partial charge in [-0.05, 0) is 44.2 Å². The normalized spacial score (nSPS) is 16.6. The maximum absolute atomic E-state index is 14.7. The fraction of sp³-hybridized carbons (Fsp3) is 0.345. The Morgan fingerprint density at radius 3 is 2.19 bits per heavy atom. The van der Waals surface area contributed by atoms with E-state index in [1.807, 2.05) is 0 Å². The Balaban J connectivity index is 0.000000258. The van der Waals surface area contributed by atoms with Crippen molar-refractivity contribution in [3.05, 3.63) is 76.5 Å². The zero-order chi connectivity index (χ0) is 30.7. The van der Waals surface area contributed by atoms with E-state index in [0.29, 0.717) is 17.2 Å². The van der Waals surface area contributed by atoms with Crippen LogP contribution < -0.4 is 10.5 Å². The first-order chi connectivity index (χ1) is 19.9. The molecule has 2 aromatic carbocycles. The third kappa shape index (κ3) is 6.55. The summed E-state index contributed by atoms with van der Waals surface area (Å²) in [4.78, 5) is 36.6. The minimum atomic E-state index is -1.74. The Labute approximate surface area is 238 Å². The standard InChI is InChI=1S/C19H13F5N4O.C10H15NO2/c1-8-14(19(25)28-7-27-8)17(26-2)10-4-3-9(5-11(10)20)29-18-15(23)12(21)6-13(22)16(18)24;1-7-4-5-11(6-7)10(13)9(12)8-2-3-8/h3-7H,1-2H3,(H2,25,27,28);7-8H,2-6H2,1H3. The summed E-state index contributed by atoms with van der Waals surface area (Å²) in [5, 5.41) is 0. The first kappa shape index (κ1) is 30.5. The number of benzene rings is 2. The van der Waals surface area contributed by atoms with Crippen molar-refractivity contribution in [3.8, 4) is 11.5 Å². The number of rotatable bonds is 6. The van der Waals surface area contributed by atoms with Crippen molar-refractivity contribution < 1.29 is 36.3 Å². The van der Waals surface area contributed by atoms with Gasteiger partial charge in [0.1, 0.15) is 23.7 Å². The highest BCUT2D eigenvalue weighted by molar-refractivity contribution is 6.37. The summed E-state index contributed by atoms with van der Waals surface area (Å²) < 4.78 is 73.7. The smallest absolute Gasteiger partial charge is 0.290 e. The van der Waals surface area contributed by atoms with E-state index < -0.39 is 40.6 Å². The van der Waals surface area contributed by atoms with Crippen molar-refractivity contribution in [2.45, 2.75) is 33.1 Å². The second-order valence-corrected chi connectivity index (χ2v) is 10.1. The average Bonchev–Trinajstić information content (AvgIpc) is 3.72. The largest absolute Gasteiger partial charge is 0.451 e. The molecule has 1 aliphatic heterocycles. The number of hydrogen-bond acceptors (Lipinski definition) is 7. The number of anilines is 1. The number of halogens is 5. The number of ketones is 1. The van der Waals surface area contributed by atoms with Gasteiger partial charge in [0.15, 0.2) is 11.6 Å². The summed E-state index contributed by atoms with van der Waals surface area (Å²) in [6.45, 7) is 5.31. The van der Waals surface area contributed by atoms with Crippen LogP contribution >= 0.6 is 0 Å². The number of carbonyl (C=O) groups is 2. The van der Waals surface area contributed by atoms with Gasteiger partial charge < -0.3 is 15.4 Å². The highest BCUT2D eigenvalue weighted by Crippen LogP contribution is 2.33.